The molecule has 7 heteroatoms. The summed E-state index contributed by atoms with van der Waals surface area (Å²) in [6, 6.07) is 0. The molecule has 17 heavy (non-hydrogen) atoms. The van der Waals surface area contributed by atoms with Gasteiger partial charge in [0.05, 0.1) is 12.5 Å². The lowest BCUT2D eigenvalue weighted by Gasteiger charge is -2.12. The number of methoxy groups -OCH3 is 1. The fraction of sp³-hybridized carbons (Fsp3) is 0.900. The summed E-state index contributed by atoms with van der Waals surface area (Å²) in [6.07, 6.45) is -4.81. The third kappa shape index (κ3) is 10.1. The van der Waals surface area contributed by atoms with E-state index in [1.165, 1.54) is 7.11 Å². The molecule has 0 aromatic carbocycles. The van der Waals surface area contributed by atoms with E-state index in [9.17, 15) is 18.0 Å². The van der Waals surface area contributed by atoms with E-state index >= 15 is 0 Å². The maximum atomic E-state index is 11.8. The number of rotatable bonds is 8. The number of hydrogen-bond acceptors (Lipinski definition) is 3. The van der Waals surface area contributed by atoms with E-state index in [4.69, 9.17) is 10.5 Å². The number of unbranched alkanes of at least 4 members (excludes halogenated alkanes) is 1. The first-order valence-electron chi connectivity index (χ1n) is 5.45. The van der Waals surface area contributed by atoms with Crippen LogP contribution in [0, 0.1) is 0 Å². The van der Waals surface area contributed by atoms with Crippen molar-refractivity contribution in [3.05, 3.63) is 0 Å². The molecule has 0 aliphatic rings. The molecule has 102 valence electrons. The van der Waals surface area contributed by atoms with Gasteiger partial charge in [0.2, 0.25) is 5.91 Å². The summed E-state index contributed by atoms with van der Waals surface area (Å²) in [5.41, 5.74) is 5.33. The molecule has 0 saturated carbocycles. The molecule has 0 heterocycles. The van der Waals surface area contributed by atoms with Crippen LogP contribution in [-0.2, 0) is 9.53 Å². The van der Waals surface area contributed by atoms with Gasteiger partial charge in [-0.05, 0) is 12.8 Å². The number of nitrogens with two attached hydrogens (primary N) is 1. The van der Waals surface area contributed by atoms with Crippen molar-refractivity contribution in [2.45, 2.75) is 38.0 Å². The van der Waals surface area contributed by atoms with E-state index < -0.39 is 12.6 Å². The van der Waals surface area contributed by atoms with Crippen LogP contribution in [0.2, 0.25) is 0 Å². The van der Waals surface area contributed by atoms with Gasteiger partial charge in [-0.3, -0.25) is 4.79 Å². The number of amides is 1. The van der Waals surface area contributed by atoms with Gasteiger partial charge in [0.25, 0.3) is 0 Å². The van der Waals surface area contributed by atoms with Gasteiger partial charge in [-0.25, -0.2) is 0 Å². The third-order valence-corrected chi connectivity index (χ3v) is 2.22. The normalized spacial score (nSPS) is 13.5. The number of ether oxygens (including phenoxy) is 1. The highest BCUT2D eigenvalue weighted by molar-refractivity contribution is 5.76. The predicted molar refractivity (Wildman–Crippen MR) is 57.4 cm³/mol. The van der Waals surface area contributed by atoms with Gasteiger partial charge in [-0.15, -0.1) is 0 Å². The summed E-state index contributed by atoms with van der Waals surface area (Å²) in [4.78, 5) is 11.3. The molecule has 0 bridgehead atoms. The smallest absolute Gasteiger partial charge is 0.380 e. The van der Waals surface area contributed by atoms with Crippen molar-refractivity contribution in [3.8, 4) is 0 Å². The fourth-order valence-electron chi connectivity index (χ4n) is 1.22. The van der Waals surface area contributed by atoms with Gasteiger partial charge in [-0.1, -0.05) is 0 Å². The molecule has 0 saturated heterocycles. The van der Waals surface area contributed by atoms with E-state index in [1.54, 1.807) is 0 Å². The Morgan fingerprint density at radius 2 is 2.06 bits per heavy atom. The number of halogens is 3. The Morgan fingerprint density at radius 3 is 2.53 bits per heavy atom. The highest BCUT2D eigenvalue weighted by atomic mass is 19.4. The van der Waals surface area contributed by atoms with Crippen LogP contribution < -0.4 is 11.1 Å². The van der Waals surface area contributed by atoms with Crippen molar-refractivity contribution in [2.75, 3.05) is 20.2 Å². The topological polar surface area (TPSA) is 64.3 Å². The van der Waals surface area contributed by atoms with Crippen LogP contribution in [0.4, 0.5) is 13.2 Å². The second-order valence-corrected chi connectivity index (χ2v) is 3.72. The first kappa shape index (κ1) is 16.2. The first-order valence-corrected chi connectivity index (χ1v) is 5.45. The van der Waals surface area contributed by atoms with Crippen molar-refractivity contribution in [1.82, 2.24) is 5.32 Å². The SMILES string of the molecule is COC(CN)CC(=O)NCCCCC(F)(F)F. The third-order valence-electron chi connectivity index (χ3n) is 2.22. The molecule has 0 rings (SSSR count). The number of alkyl halides is 3. The van der Waals surface area contributed by atoms with Crippen molar-refractivity contribution in [1.29, 1.82) is 0 Å². The molecular weight excluding hydrogens is 237 g/mol. The molecule has 4 nitrogen and oxygen atoms in total. The minimum Gasteiger partial charge on any atom is -0.380 e. The van der Waals surface area contributed by atoms with Crippen molar-refractivity contribution in [2.24, 2.45) is 5.73 Å². The number of hydrogen-bond donors (Lipinski definition) is 2. The molecule has 0 fully saturated rings. The molecule has 0 aromatic heterocycles. The average molecular weight is 256 g/mol. The second kappa shape index (κ2) is 8.30. The van der Waals surface area contributed by atoms with Crippen molar-refractivity contribution >= 4 is 5.91 Å². The lowest BCUT2D eigenvalue weighted by Crippen LogP contribution is -2.32. The highest BCUT2D eigenvalue weighted by Crippen LogP contribution is 2.21. The zero-order valence-corrected chi connectivity index (χ0v) is 9.85. The Labute approximate surface area is 98.7 Å². The summed E-state index contributed by atoms with van der Waals surface area (Å²) >= 11 is 0. The van der Waals surface area contributed by atoms with E-state index in [0.717, 1.165) is 0 Å². The lowest BCUT2D eigenvalue weighted by molar-refractivity contribution is -0.135. The summed E-state index contributed by atoms with van der Waals surface area (Å²) in [5.74, 6) is -0.255. The zero-order valence-electron chi connectivity index (χ0n) is 9.85. The Bertz CT molecular complexity index is 218. The monoisotopic (exact) mass is 256 g/mol. The molecular formula is C10H19F3N2O2. The summed E-state index contributed by atoms with van der Waals surface area (Å²) in [5, 5.41) is 2.53. The Morgan fingerprint density at radius 1 is 1.41 bits per heavy atom. The maximum Gasteiger partial charge on any atom is 0.389 e. The molecule has 3 N–H and O–H groups in total. The second-order valence-electron chi connectivity index (χ2n) is 3.72. The molecule has 1 atom stereocenters. The maximum absolute atomic E-state index is 11.8. The first-order chi connectivity index (χ1) is 7.89. The number of carbonyl (C=O) groups is 1. The van der Waals surface area contributed by atoms with Crippen molar-refractivity contribution < 1.29 is 22.7 Å². The van der Waals surface area contributed by atoms with Crippen LogP contribution in [0.1, 0.15) is 25.7 Å². The van der Waals surface area contributed by atoms with Gasteiger partial charge in [-0.2, -0.15) is 13.2 Å². The molecule has 0 aliphatic heterocycles. The highest BCUT2D eigenvalue weighted by Gasteiger charge is 2.25. The standard InChI is InChI=1S/C10H19F3N2O2/c1-17-8(7-14)6-9(16)15-5-3-2-4-10(11,12)13/h8H,2-7,14H2,1H3,(H,15,16). The molecule has 0 spiro atoms. The minimum atomic E-state index is -4.12. The average Bonchev–Trinajstić information content (AvgIpc) is 2.23. The minimum absolute atomic E-state index is 0.0222. The van der Waals surface area contributed by atoms with Crippen LogP contribution >= 0.6 is 0 Å². The van der Waals surface area contributed by atoms with Crippen LogP contribution in [0.15, 0.2) is 0 Å². The van der Waals surface area contributed by atoms with Crippen molar-refractivity contribution in [3.63, 3.8) is 0 Å². The summed E-state index contributed by atoms with van der Waals surface area (Å²) in [7, 11) is 1.45. The van der Waals surface area contributed by atoms with Gasteiger partial charge in [0, 0.05) is 26.6 Å². The van der Waals surface area contributed by atoms with Crippen LogP contribution in [0.25, 0.3) is 0 Å². The van der Waals surface area contributed by atoms with E-state index in [0.29, 0.717) is 6.42 Å². The molecule has 1 unspecified atom stereocenters. The lowest BCUT2D eigenvalue weighted by atomic mass is 10.2. The largest absolute Gasteiger partial charge is 0.389 e. The van der Waals surface area contributed by atoms with E-state index in [-0.39, 0.29) is 37.9 Å². The molecule has 0 aromatic rings. The quantitative estimate of drug-likeness (QED) is 0.641. The Hall–Kier alpha value is -0.820. The molecule has 1 amide bonds. The van der Waals surface area contributed by atoms with E-state index in [2.05, 4.69) is 5.32 Å². The van der Waals surface area contributed by atoms with E-state index in [1.807, 2.05) is 0 Å². The van der Waals surface area contributed by atoms with Crippen LogP contribution in [0.5, 0.6) is 0 Å². The van der Waals surface area contributed by atoms with Gasteiger partial charge >= 0.3 is 6.18 Å². The molecule has 0 aliphatic carbocycles. The number of carbonyl (C=O) groups excluding carboxylic acids is 1. The molecule has 0 radical (unpaired) electrons. The summed E-state index contributed by atoms with van der Waals surface area (Å²) < 4.78 is 40.3. The fourth-order valence-corrected chi connectivity index (χ4v) is 1.22. The van der Waals surface area contributed by atoms with Gasteiger partial charge < -0.3 is 15.8 Å². The zero-order chi connectivity index (χ0) is 13.3. The predicted octanol–water partition coefficient (Wildman–Crippen LogP) is 1.20. The number of nitrogens with one attached hydrogen (secondary N) is 1. The van der Waals surface area contributed by atoms with Gasteiger partial charge in [0.15, 0.2) is 0 Å². The Kier molecular flexibility index (Phi) is 7.90. The van der Waals surface area contributed by atoms with Crippen LogP contribution in [0.3, 0.4) is 0 Å². The summed E-state index contributed by atoms with van der Waals surface area (Å²) in [6.45, 7) is 0.480. The van der Waals surface area contributed by atoms with Gasteiger partial charge in [0.1, 0.15) is 0 Å². The Balaban J connectivity index is 3.52. The van der Waals surface area contributed by atoms with Crippen LogP contribution in [-0.4, -0.2) is 38.4 Å².